The molecule has 1 atom stereocenters. The van der Waals surface area contributed by atoms with E-state index in [4.69, 9.17) is 5.26 Å². The van der Waals surface area contributed by atoms with E-state index in [0.29, 0.717) is 11.3 Å². The van der Waals surface area contributed by atoms with Crippen LogP contribution in [-0.2, 0) is 4.79 Å². The van der Waals surface area contributed by atoms with Crippen LogP contribution in [0, 0.1) is 22.7 Å². The first-order valence-electron chi connectivity index (χ1n) is 7.37. The largest absolute Gasteiger partial charge is 0.359 e. The van der Waals surface area contributed by atoms with E-state index in [1.807, 2.05) is 49.4 Å². The molecule has 0 aliphatic carbocycles. The second kappa shape index (κ2) is 8.17. The minimum Gasteiger partial charge on any atom is -0.359 e. The van der Waals surface area contributed by atoms with E-state index in [1.165, 1.54) is 6.20 Å². The lowest BCUT2D eigenvalue weighted by molar-refractivity contribution is -0.117. The number of hydrogen-bond donors (Lipinski definition) is 2. The Labute approximate surface area is 140 Å². The number of rotatable bonds is 5. The fraction of sp³-hybridized carbons (Fsp3) is 0.105. The molecule has 118 valence electrons. The van der Waals surface area contributed by atoms with Crippen LogP contribution in [0.5, 0.6) is 0 Å². The average Bonchev–Trinajstić information content (AvgIpc) is 2.63. The highest BCUT2D eigenvalue weighted by atomic mass is 16.1. The fourth-order valence-corrected chi connectivity index (χ4v) is 2.10. The number of para-hydroxylation sites is 1. The Hall–Kier alpha value is -3.57. The van der Waals surface area contributed by atoms with Gasteiger partial charge in [-0.1, -0.05) is 42.5 Å². The highest BCUT2D eigenvalue weighted by molar-refractivity contribution is 5.97. The van der Waals surface area contributed by atoms with Crippen molar-refractivity contribution in [2.75, 3.05) is 5.32 Å². The minimum absolute atomic E-state index is 0.0643. The third-order valence-electron chi connectivity index (χ3n) is 3.43. The summed E-state index contributed by atoms with van der Waals surface area (Å²) in [7, 11) is 0. The number of carbonyl (C=O) groups is 1. The van der Waals surface area contributed by atoms with Crippen molar-refractivity contribution >= 4 is 11.6 Å². The van der Waals surface area contributed by atoms with Gasteiger partial charge in [-0.3, -0.25) is 4.79 Å². The molecule has 0 bridgehead atoms. The SMILES string of the molecule is CC(NC(=O)/C(C#N)=C\Nc1ccccc1C#N)c1ccccc1. The van der Waals surface area contributed by atoms with Crippen LogP contribution in [0.2, 0.25) is 0 Å². The molecule has 1 amide bonds. The summed E-state index contributed by atoms with van der Waals surface area (Å²) in [6, 6.07) is 20.0. The molecule has 0 fully saturated rings. The minimum atomic E-state index is -0.476. The summed E-state index contributed by atoms with van der Waals surface area (Å²) in [6.07, 6.45) is 1.31. The van der Waals surface area contributed by atoms with Gasteiger partial charge < -0.3 is 10.6 Å². The standard InChI is InChI=1S/C19H16N4O/c1-14(15-7-3-2-4-8-15)23-19(24)17(12-21)13-22-18-10-6-5-9-16(18)11-20/h2-10,13-14,22H,1H3,(H,23,24)/b17-13-. The van der Waals surface area contributed by atoms with Crippen molar-refractivity contribution < 1.29 is 4.79 Å². The average molecular weight is 316 g/mol. The van der Waals surface area contributed by atoms with E-state index < -0.39 is 5.91 Å². The Bertz CT molecular complexity index is 828. The van der Waals surface area contributed by atoms with E-state index in [1.54, 1.807) is 24.3 Å². The van der Waals surface area contributed by atoms with Crippen LogP contribution in [0.25, 0.3) is 0 Å². The lowest BCUT2D eigenvalue weighted by atomic mass is 10.1. The van der Waals surface area contributed by atoms with Crippen molar-refractivity contribution in [3.63, 3.8) is 0 Å². The Kier molecular flexibility index (Phi) is 5.71. The Morgan fingerprint density at radius 3 is 2.42 bits per heavy atom. The predicted octanol–water partition coefficient (Wildman–Crippen LogP) is 3.26. The quantitative estimate of drug-likeness (QED) is 0.654. The van der Waals surface area contributed by atoms with Crippen LogP contribution in [0.3, 0.4) is 0 Å². The molecular weight excluding hydrogens is 300 g/mol. The van der Waals surface area contributed by atoms with Gasteiger partial charge in [-0.15, -0.1) is 0 Å². The maximum Gasteiger partial charge on any atom is 0.263 e. The molecule has 2 N–H and O–H groups in total. The first-order valence-corrected chi connectivity index (χ1v) is 7.37. The molecule has 0 saturated heterocycles. The Morgan fingerprint density at radius 1 is 1.08 bits per heavy atom. The van der Waals surface area contributed by atoms with Gasteiger partial charge in [0, 0.05) is 6.20 Å². The van der Waals surface area contributed by atoms with Gasteiger partial charge in [0.15, 0.2) is 0 Å². The van der Waals surface area contributed by atoms with E-state index in [-0.39, 0.29) is 11.6 Å². The second-order valence-corrected chi connectivity index (χ2v) is 5.08. The van der Waals surface area contributed by atoms with Crippen molar-refractivity contribution in [2.45, 2.75) is 13.0 Å². The van der Waals surface area contributed by atoms with Crippen LogP contribution < -0.4 is 10.6 Å². The van der Waals surface area contributed by atoms with Gasteiger partial charge in [0.05, 0.1) is 17.3 Å². The van der Waals surface area contributed by atoms with Crippen molar-refractivity contribution in [3.05, 3.63) is 77.5 Å². The smallest absolute Gasteiger partial charge is 0.263 e. The normalized spacial score (nSPS) is 11.7. The number of nitrogens with one attached hydrogen (secondary N) is 2. The number of nitrogens with zero attached hydrogens (tertiary/aromatic N) is 2. The molecule has 24 heavy (non-hydrogen) atoms. The number of benzene rings is 2. The molecule has 1 unspecified atom stereocenters. The third-order valence-corrected chi connectivity index (χ3v) is 3.43. The number of hydrogen-bond acceptors (Lipinski definition) is 4. The summed E-state index contributed by atoms with van der Waals surface area (Å²) in [5, 5.41) is 23.9. The zero-order valence-corrected chi connectivity index (χ0v) is 13.2. The fourth-order valence-electron chi connectivity index (χ4n) is 2.10. The van der Waals surface area contributed by atoms with Gasteiger partial charge in [0.25, 0.3) is 5.91 Å². The lowest BCUT2D eigenvalue weighted by Gasteiger charge is -2.14. The van der Waals surface area contributed by atoms with E-state index in [9.17, 15) is 10.1 Å². The van der Waals surface area contributed by atoms with E-state index in [2.05, 4.69) is 10.6 Å². The van der Waals surface area contributed by atoms with Crippen molar-refractivity contribution in [1.82, 2.24) is 5.32 Å². The molecule has 2 aromatic rings. The van der Waals surface area contributed by atoms with Crippen LogP contribution in [0.15, 0.2) is 66.4 Å². The van der Waals surface area contributed by atoms with Crippen molar-refractivity contribution in [1.29, 1.82) is 10.5 Å². The molecule has 0 spiro atoms. The maximum atomic E-state index is 12.2. The van der Waals surface area contributed by atoms with Gasteiger partial charge in [0.1, 0.15) is 17.7 Å². The van der Waals surface area contributed by atoms with Crippen LogP contribution in [0.4, 0.5) is 5.69 Å². The number of amides is 1. The van der Waals surface area contributed by atoms with Gasteiger partial charge in [-0.2, -0.15) is 10.5 Å². The summed E-state index contributed by atoms with van der Waals surface area (Å²) in [4.78, 5) is 12.2. The number of carbonyl (C=O) groups excluding carboxylic acids is 1. The molecule has 2 rings (SSSR count). The molecule has 0 aromatic heterocycles. The summed E-state index contributed by atoms with van der Waals surface area (Å²) < 4.78 is 0. The predicted molar refractivity (Wildman–Crippen MR) is 91.5 cm³/mol. The Balaban J connectivity index is 2.09. The van der Waals surface area contributed by atoms with Crippen molar-refractivity contribution in [3.8, 4) is 12.1 Å². The summed E-state index contributed by atoms with van der Waals surface area (Å²) in [5.41, 5.74) is 1.86. The highest BCUT2D eigenvalue weighted by Gasteiger charge is 2.13. The maximum absolute atomic E-state index is 12.2. The molecule has 5 heteroatoms. The second-order valence-electron chi connectivity index (χ2n) is 5.08. The van der Waals surface area contributed by atoms with Gasteiger partial charge >= 0.3 is 0 Å². The molecule has 2 aromatic carbocycles. The zero-order valence-electron chi connectivity index (χ0n) is 13.2. The summed E-state index contributed by atoms with van der Waals surface area (Å²) in [5.74, 6) is -0.476. The topological polar surface area (TPSA) is 88.7 Å². The van der Waals surface area contributed by atoms with E-state index in [0.717, 1.165) is 5.56 Å². The Morgan fingerprint density at radius 2 is 1.75 bits per heavy atom. The first kappa shape index (κ1) is 16.8. The summed E-state index contributed by atoms with van der Waals surface area (Å²) in [6.45, 7) is 1.85. The molecule has 5 nitrogen and oxygen atoms in total. The third kappa shape index (κ3) is 4.22. The molecular formula is C19H16N4O. The molecule has 0 aliphatic heterocycles. The molecule has 0 saturated carbocycles. The van der Waals surface area contributed by atoms with Gasteiger partial charge in [-0.05, 0) is 24.6 Å². The van der Waals surface area contributed by atoms with Crippen LogP contribution >= 0.6 is 0 Å². The first-order chi connectivity index (χ1) is 11.7. The number of nitriles is 2. The zero-order chi connectivity index (χ0) is 17.4. The molecule has 0 aliphatic rings. The lowest BCUT2D eigenvalue weighted by Crippen LogP contribution is -2.28. The summed E-state index contributed by atoms with van der Waals surface area (Å²) >= 11 is 0. The van der Waals surface area contributed by atoms with Crippen LogP contribution in [-0.4, -0.2) is 5.91 Å². The highest BCUT2D eigenvalue weighted by Crippen LogP contribution is 2.15. The van der Waals surface area contributed by atoms with E-state index >= 15 is 0 Å². The molecule has 0 radical (unpaired) electrons. The monoisotopic (exact) mass is 316 g/mol. The number of anilines is 1. The van der Waals surface area contributed by atoms with Crippen LogP contribution in [0.1, 0.15) is 24.1 Å². The molecule has 0 heterocycles. The van der Waals surface area contributed by atoms with Crippen molar-refractivity contribution in [2.24, 2.45) is 0 Å². The van der Waals surface area contributed by atoms with Gasteiger partial charge in [-0.25, -0.2) is 0 Å². The van der Waals surface area contributed by atoms with Gasteiger partial charge in [0.2, 0.25) is 0 Å².